The van der Waals surface area contributed by atoms with Crippen LogP contribution in [0, 0.1) is 28.1 Å². The number of hydrogen-bond acceptors (Lipinski definition) is 4. The second kappa shape index (κ2) is 4.45. The van der Waals surface area contributed by atoms with E-state index in [1.807, 2.05) is 13.8 Å². The summed E-state index contributed by atoms with van der Waals surface area (Å²) in [6.07, 6.45) is 5.65. The number of carbonyl (C=O) groups is 1. The largest absolute Gasteiger partial charge is 0.462 e. The molecule has 0 N–H and O–H groups in total. The predicted molar refractivity (Wildman–Crippen MR) is 90.1 cm³/mol. The zero-order valence-corrected chi connectivity index (χ0v) is 15.9. The monoisotopic (exact) mass is 334 g/mol. The third-order valence-electron chi connectivity index (χ3n) is 7.73. The van der Waals surface area contributed by atoms with Crippen molar-refractivity contribution in [2.75, 3.05) is 0 Å². The Kier molecular flexibility index (Phi) is 3.07. The van der Waals surface area contributed by atoms with E-state index in [2.05, 4.69) is 39.8 Å². The maximum absolute atomic E-state index is 11.7. The van der Waals surface area contributed by atoms with Crippen LogP contribution < -0.4 is 0 Å². The summed E-state index contributed by atoms with van der Waals surface area (Å²) in [6, 6.07) is 0. The maximum atomic E-state index is 11.7. The molecule has 1 spiro atoms. The van der Waals surface area contributed by atoms with Crippen molar-refractivity contribution in [3.8, 4) is 0 Å². The molecule has 0 radical (unpaired) electrons. The standard InChI is InChI=1S/C20H30O4/c1-11-10-13(22-12(2)21)14-17(3,4)19(7)8-9-20(11,14)16-15(19)23-18(5,6)24-16/h8-9,11,13-16H,10H2,1-7H3/t11-,13-,14-,15-,16+,19-,20+/m1/s1. The minimum Gasteiger partial charge on any atom is -0.462 e. The van der Waals surface area contributed by atoms with Crippen molar-refractivity contribution in [1.29, 1.82) is 0 Å². The molecule has 1 heterocycles. The maximum Gasteiger partial charge on any atom is 0.302 e. The SMILES string of the molecule is CC(=O)O[C@@H]1C[C@@H](C)[C@]23C=C[C@](C)([C@@H]4OC(C)(C)O[C@@H]42)C(C)(C)[C@@H]13. The zero-order valence-electron chi connectivity index (χ0n) is 15.9. The van der Waals surface area contributed by atoms with E-state index >= 15 is 0 Å². The van der Waals surface area contributed by atoms with Crippen molar-refractivity contribution in [3.63, 3.8) is 0 Å². The Hall–Kier alpha value is -0.870. The lowest BCUT2D eigenvalue weighted by Crippen LogP contribution is -2.69. The van der Waals surface area contributed by atoms with Crippen LogP contribution >= 0.6 is 0 Å². The number of esters is 1. The summed E-state index contributed by atoms with van der Waals surface area (Å²) in [5, 5.41) is 0. The van der Waals surface area contributed by atoms with Crippen molar-refractivity contribution < 1.29 is 19.0 Å². The Labute approximate surface area is 144 Å². The first-order valence-corrected chi connectivity index (χ1v) is 9.19. The quantitative estimate of drug-likeness (QED) is 0.542. The first-order chi connectivity index (χ1) is 11.0. The molecule has 2 saturated carbocycles. The van der Waals surface area contributed by atoms with Gasteiger partial charge in [0, 0.05) is 23.7 Å². The molecule has 0 aromatic heterocycles. The summed E-state index contributed by atoms with van der Waals surface area (Å²) < 4.78 is 18.7. The molecule has 4 aliphatic carbocycles. The molecule has 24 heavy (non-hydrogen) atoms. The van der Waals surface area contributed by atoms with Crippen LogP contribution in [0.3, 0.4) is 0 Å². The van der Waals surface area contributed by atoms with Crippen LogP contribution in [-0.4, -0.2) is 30.1 Å². The Morgan fingerprint density at radius 1 is 1.08 bits per heavy atom. The van der Waals surface area contributed by atoms with Gasteiger partial charge >= 0.3 is 5.97 Å². The second-order valence-corrected chi connectivity index (χ2v) is 9.58. The minimum atomic E-state index is -0.570. The number of ether oxygens (including phenoxy) is 3. The van der Waals surface area contributed by atoms with Crippen molar-refractivity contribution in [2.24, 2.45) is 28.1 Å². The highest BCUT2D eigenvalue weighted by atomic mass is 16.8. The Morgan fingerprint density at radius 2 is 1.71 bits per heavy atom. The van der Waals surface area contributed by atoms with Gasteiger partial charge in [-0.1, -0.05) is 39.8 Å². The Balaban J connectivity index is 1.89. The van der Waals surface area contributed by atoms with Gasteiger partial charge in [0.15, 0.2) is 5.79 Å². The normalized spacial score (nSPS) is 52.9. The van der Waals surface area contributed by atoms with E-state index in [1.54, 1.807) is 0 Å². The Morgan fingerprint density at radius 3 is 2.33 bits per heavy atom. The van der Waals surface area contributed by atoms with Gasteiger partial charge in [0.2, 0.25) is 0 Å². The van der Waals surface area contributed by atoms with Crippen LogP contribution in [0.25, 0.3) is 0 Å². The van der Waals surface area contributed by atoms with E-state index < -0.39 is 5.79 Å². The Bertz CT molecular complexity index is 621. The van der Waals surface area contributed by atoms with E-state index in [4.69, 9.17) is 14.2 Å². The molecule has 134 valence electrons. The molecule has 3 fully saturated rings. The fourth-order valence-electron chi connectivity index (χ4n) is 6.45. The fourth-order valence-corrected chi connectivity index (χ4v) is 6.45. The van der Waals surface area contributed by atoms with E-state index in [9.17, 15) is 4.79 Å². The molecule has 5 aliphatic rings. The third-order valence-corrected chi connectivity index (χ3v) is 7.73. The van der Waals surface area contributed by atoms with Gasteiger partial charge in [0.25, 0.3) is 0 Å². The molecule has 4 heteroatoms. The van der Waals surface area contributed by atoms with Gasteiger partial charge in [0.1, 0.15) is 6.10 Å². The first kappa shape index (κ1) is 16.6. The second-order valence-electron chi connectivity index (χ2n) is 9.58. The summed E-state index contributed by atoms with van der Waals surface area (Å²) in [5.74, 6) is -0.120. The molecule has 1 saturated heterocycles. The third kappa shape index (κ3) is 1.69. The van der Waals surface area contributed by atoms with Gasteiger partial charge in [-0.05, 0) is 31.6 Å². The number of rotatable bonds is 1. The molecule has 0 aromatic rings. The summed E-state index contributed by atoms with van der Waals surface area (Å²) in [5.41, 5.74) is -0.308. The van der Waals surface area contributed by atoms with E-state index in [-0.39, 0.29) is 46.4 Å². The van der Waals surface area contributed by atoms with Gasteiger partial charge < -0.3 is 14.2 Å². The van der Waals surface area contributed by atoms with Gasteiger partial charge in [-0.25, -0.2) is 0 Å². The highest BCUT2D eigenvalue weighted by Crippen LogP contribution is 2.74. The van der Waals surface area contributed by atoms with Crippen LogP contribution in [0.4, 0.5) is 0 Å². The lowest BCUT2D eigenvalue weighted by atomic mass is 9.40. The number of carbonyl (C=O) groups excluding carboxylic acids is 1. The zero-order chi connectivity index (χ0) is 17.7. The topological polar surface area (TPSA) is 44.8 Å². The van der Waals surface area contributed by atoms with Gasteiger partial charge in [-0.3, -0.25) is 4.79 Å². The van der Waals surface area contributed by atoms with Crippen molar-refractivity contribution >= 4 is 5.97 Å². The molecular weight excluding hydrogens is 304 g/mol. The lowest BCUT2D eigenvalue weighted by molar-refractivity contribution is -0.199. The average Bonchev–Trinajstić information content (AvgIpc) is 2.90. The molecule has 0 unspecified atom stereocenters. The number of hydrogen-bond donors (Lipinski definition) is 0. The van der Waals surface area contributed by atoms with Crippen molar-refractivity contribution in [1.82, 2.24) is 0 Å². The highest BCUT2D eigenvalue weighted by molar-refractivity contribution is 5.66. The summed E-state index contributed by atoms with van der Waals surface area (Å²) >= 11 is 0. The van der Waals surface area contributed by atoms with Crippen LogP contribution in [0.2, 0.25) is 0 Å². The van der Waals surface area contributed by atoms with Crippen molar-refractivity contribution in [3.05, 3.63) is 12.2 Å². The molecule has 2 bridgehead atoms. The fraction of sp³-hybridized carbons (Fsp3) is 0.850. The van der Waals surface area contributed by atoms with Gasteiger partial charge in [0.05, 0.1) is 12.2 Å². The average molecular weight is 334 g/mol. The smallest absolute Gasteiger partial charge is 0.302 e. The van der Waals surface area contributed by atoms with Crippen molar-refractivity contribution in [2.45, 2.75) is 79.0 Å². The molecular formula is C20H30O4. The molecule has 5 rings (SSSR count). The van der Waals surface area contributed by atoms with Crippen LogP contribution in [0.5, 0.6) is 0 Å². The van der Waals surface area contributed by atoms with E-state index in [0.717, 1.165) is 6.42 Å². The molecule has 4 nitrogen and oxygen atoms in total. The van der Waals surface area contributed by atoms with Crippen LogP contribution in [0.15, 0.2) is 12.2 Å². The molecule has 0 amide bonds. The lowest BCUT2D eigenvalue weighted by Gasteiger charge is -2.65. The van der Waals surface area contributed by atoms with Crippen LogP contribution in [-0.2, 0) is 19.0 Å². The molecule has 7 atom stereocenters. The van der Waals surface area contributed by atoms with Gasteiger partial charge in [-0.2, -0.15) is 0 Å². The van der Waals surface area contributed by atoms with E-state index in [1.165, 1.54) is 6.92 Å². The van der Waals surface area contributed by atoms with E-state index in [0.29, 0.717) is 5.92 Å². The molecule has 0 aromatic carbocycles. The first-order valence-electron chi connectivity index (χ1n) is 9.19. The molecule has 1 aliphatic heterocycles. The summed E-state index contributed by atoms with van der Waals surface area (Å²) in [6.45, 7) is 14.7. The van der Waals surface area contributed by atoms with Crippen LogP contribution in [0.1, 0.15) is 54.9 Å². The summed E-state index contributed by atoms with van der Waals surface area (Å²) in [7, 11) is 0. The highest BCUT2D eigenvalue weighted by Gasteiger charge is 2.77. The minimum absolute atomic E-state index is 0.0242. The predicted octanol–water partition coefficient (Wildman–Crippen LogP) is 3.70. The van der Waals surface area contributed by atoms with Gasteiger partial charge in [-0.15, -0.1) is 0 Å². The summed E-state index contributed by atoms with van der Waals surface area (Å²) in [4.78, 5) is 11.7.